The van der Waals surface area contributed by atoms with Crippen LogP contribution in [-0.4, -0.2) is 0 Å². The average molecular weight is 320 g/mol. The van der Waals surface area contributed by atoms with Crippen molar-refractivity contribution in [2.75, 3.05) is 0 Å². The number of hydrogen-bond acceptors (Lipinski definition) is 4. The molecule has 6 heteroatoms. The molecule has 0 aromatic carbocycles. The van der Waals surface area contributed by atoms with Gasteiger partial charge in [0.05, 0.1) is 0 Å². The molecule has 0 rings (SSSR count). The normalized spacial score (nSPS) is 9.50. The summed E-state index contributed by atoms with van der Waals surface area (Å²) in [5.41, 5.74) is 0. The van der Waals surface area contributed by atoms with Crippen molar-refractivity contribution in [2.24, 2.45) is 0 Å². The molecule has 0 N–H and O–H groups in total. The Labute approximate surface area is 56.2 Å². The second-order valence-electron chi connectivity index (χ2n) is 0.378. The first-order valence-corrected chi connectivity index (χ1v) is 2.54. The van der Waals surface area contributed by atoms with E-state index in [4.69, 9.17) is 15.7 Å². The van der Waals surface area contributed by atoms with Gasteiger partial charge in [-0.25, -0.2) is 0 Å². The van der Waals surface area contributed by atoms with Crippen molar-refractivity contribution in [3.63, 3.8) is 0 Å². The van der Waals surface area contributed by atoms with Crippen molar-refractivity contribution >= 4 is 0 Å². The molecule has 0 aliphatic rings. The van der Waals surface area contributed by atoms with Gasteiger partial charge in [0.2, 0.25) is 0 Å². The van der Waals surface area contributed by atoms with E-state index >= 15 is 0 Å². The third-order valence-corrected chi connectivity index (χ3v) is 0. The maximum absolute atomic E-state index is 8.58. The minimum absolute atomic E-state index is 0. The standard InChI is InChI=1S/Hg.Mn.4O/q+1;;;;;-1. The Morgan fingerprint density at radius 2 is 1.17 bits per heavy atom. The molecule has 0 bridgehead atoms. The molecule has 33 valence electrons. The van der Waals surface area contributed by atoms with Crippen LogP contribution in [0.5, 0.6) is 0 Å². The number of rotatable bonds is 0. The van der Waals surface area contributed by atoms with E-state index in [1.54, 1.807) is 0 Å². The summed E-state index contributed by atoms with van der Waals surface area (Å²) >= 11 is -5.62. The summed E-state index contributed by atoms with van der Waals surface area (Å²) < 4.78 is 34.3. The summed E-state index contributed by atoms with van der Waals surface area (Å²) in [5, 5.41) is 0. The van der Waals surface area contributed by atoms with Gasteiger partial charge in [-0.2, -0.15) is 0 Å². The fourth-order valence-corrected chi connectivity index (χ4v) is 0. The van der Waals surface area contributed by atoms with Crippen LogP contribution in [0, 0.1) is 0 Å². The molecule has 0 saturated carbocycles. The van der Waals surface area contributed by atoms with Crippen LogP contribution < -0.4 is 4.19 Å². The van der Waals surface area contributed by atoms with Gasteiger partial charge >= 0.3 is 56.3 Å². The van der Waals surface area contributed by atoms with E-state index < -0.39 is 13.0 Å². The molecule has 0 fully saturated rings. The summed E-state index contributed by atoms with van der Waals surface area (Å²) in [6.07, 6.45) is 0. The Bertz CT molecular complexity index is 129. The molecular weight excluding hydrogens is 320 g/mol. The Kier molecular flexibility index (Phi) is 4.81. The first-order chi connectivity index (χ1) is 2.00. The zero-order valence-corrected chi connectivity index (χ0v) is 9.40. The second kappa shape index (κ2) is 2.90. The van der Waals surface area contributed by atoms with Gasteiger partial charge < -0.3 is 0 Å². The third-order valence-electron chi connectivity index (χ3n) is 0. The van der Waals surface area contributed by atoms with Crippen molar-refractivity contribution in [3.8, 4) is 0 Å². The molecule has 0 amide bonds. The van der Waals surface area contributed by atoms with Crippen molar-refractivity contribution in [1.29, 1.82) is 0 Å². The van der Waals surface area contributed by atoms with E-state index in [2.05, 4.69) is 0 Å². The van der Waals surface area contributed by atoms with E-state index in [9.17, 15) is 0 Å². The van der Waals surface area contributed by atoms with E-state index in [1.165, 1.54) is 0 Å². The summed E-state index contributed by atoms with van der Waals surface area (Å²) in [6.45, 7) is 0. The van der Waals surface area contributed by atoms with Crippen LogP contribution in [0.25, 0.3) is 0 Å². The molecule has 0 saturated heterocycles. The molecule has 0 aliphatic carbocycles. The molecule has 0 atom stereocenters. The van der Waals surface area contributed by atoms with Crippen LogP contribution in [0.15, 0.2) is 0 Å². The van der Waals surface area contributed by atoms with E-state index in [1.807, 2.05) is 0 Å². The first-order valence-electron chi connectivity index (χ1n) is 0.617. The van der Waals surface area contributed by atoms with E-state index in [0.29, 0.717) is 0 Å². The zero-order valence-electron chi connectivity index (χ0n) is 2.72. The van der Waals surface area contributed by atoms with Gasteiger partial charge in [-0.15, -0.1) is 0 Å². The summed E-state index contributed by atoms with van der Waals surface area (Å²) in [5.74, 6) is 0. The van der Waals surface area contributed by atoms with Gasteiger partial charge in [-0.1, -0.05) is 0 Å². The van der Waals surface area contributed by atoms with Gasteiger partial charge in [-0.3, -0.25) is 0 Å². The van der Waals surface area contributed by atoms with Gasteiger partial charge in [0.15, 0.2) is 0 Å². The fraction of sp³-hybridized carbons (Fsp3) is 0. The summed E-state index contributed by atoms with van der Waals surface area (Å²) in [4.78, 5) is 0. The van der Waals surface area contributed by atoms with Crippen molar-refractivity contribution in [1.82, 2.24) is 0 Å². The quantitative estimate of drug-likeness (QED) is 0.507. The Hall–Kier alpha value is 0.815. The topological polar surface area (TPSA) is 74.3 Å². The Morgan fingerprint density at radius 1 is 1.17 bits per heavy atom. The van der Waals surface area contributed by atoms with E-state index in [0.717, 1.165) is 0 Å². The summed E-state index contributed by atoms with van der Waals surface area (Å²) in [7, 11) is 0. The second-order valence-corrected chi connectivity index (χ2v) is 1.56. The van der Waals surface area contributed by atoms with Crippen LogP contribution in [0.1, 0.15) is 0 Å². The van der Waals surface area contributed by atoms with Crippen LogP contribution in [0.2, 0.25) is 0 Å². The molecule has 0 aliphatic heterocycles. The molecule has 0 heterocycles. The van der Waals surface area contributed by atoms with Gasteiger partial charge in [0.25, 0.3) is 0 Å². The van der Waals surface area contributed by atoms with Crippen LogP contribution >= 0.6 is 0 Å². The molecular formula is HgMnO4. The van der Waals surface area contributed by atoms with Crippen molar-refractivity contribution < 1.29 is 56.3 Å². The van der Waals surface area contributed by atoms with Crippen molar-refractivity contribution in [2.45, 2.75) is 0 Å². The first kappa shape index (κ1) is 9.94. The predicted octanol–water partition coefficient (Wildman–Crippen LogP) is -1.55. The zero-order chi connectivity index (χ0) is 4.50. The molecule has 4 nitrogen and oxygen atoms in total. The summed E-state index contributed by atoms with van der Waals surface area (Å²) in [6, 6.07) is 0. The maximum atomic E-state index is 8.58. The van der Waals surface area contributed by atoms with Crippen LogP contribution in [0.4, 0.5) is 0 Å². The monoisotopic (exact) mass is 321 g/mol. The average Bonchev–Trinajstić information content (AvgIpc) is 0.722. The van der Waals surface area contributed by atoms with Crippen molar-refractivity contribution in [3.05, 3.63) is 0 Å². The number of hydrogen-bond donors (Lipinski definition) is 0. The fourth-order valence-electron chi connectivity index (χ4n) is 0. The molecule has 0 aromatic heterocycles. The predicted molar refractivity (Wildman–Crippen MR) is 2.06 cm³/mol. The third kappa shape index (κ3) is 106. The minimum atomic E-state index is -5.62. The van der Waals surface area contributed by atoms with Gasteiger partial charge in [0.1, 0.15) is 0 Å². The molecule has 0 unspecified atom stereocenters. The SMILES string of the molecule is [Hg+].[O]=[Mn](=[O])(=[O])[O-]. The van der Waals surface area contributed by atoms with Crippen LogP contribution in [-0.2, 0) is 52.1 Å². The Morgan fingerprint density at radius 3 is 1.17 bits per heavy atom. The Balaban J connectivity index is 0. The molecule has 6 heavy (non-hydrogen) atoms. The molecule has 0 aromatic rings. The van der Waals surface area contributed by atoms with Gasteiger partial charge in [0, 0.05) is 0 Å². The van der Waals surface area contributed by atoms with E-state index in [-0.39, 0.29) is 27.7 Å². The van der Waals surface area contributed by atoms with Gasteiger partial charge in [-0.05, 0) is 0 Å². The molecule has 1 radical (unpaired) electrons. The molecule has 0 spiro atoms. The van der Waals surface area contributed by atoms with Crippen LogP contribution in [0.3, 0.4) is 0 Å².